The number of aromatic nitrogens is 1. The Morgan fingerprint density at radius 1 is 0.935 bits per heavy atom. The second-order valence-corrected chi connectivity index (χ2v) is 8.16. The zero-order valence-electron chi connectivity index (χ0n) is 16.1. The van der Waals surface area contributed by atoms with Crippen LogP contribution in [0, 0.1) is 6.92 Å². The van der Waals surface area contributed by atoms with Gasteiger partial charge in [0.2, 0.25) is 0 Å². The summed E-state index contributed by atoms with van der Waals surface area (Å²) >= 11 is 1.47. The molecular formula is C22H16F6N2S. The monoisotopic (exact) mass is 454 g/mol. The molecule has 2 aromatic carbocycles. The van der Waals surface area contributed by atoms with Crippen molar-refractivity contribution in [1.29, 1.82) is 0 Å². The Bertz CT molecular complexity index is 1090. The van der Waals surface area contributed by atoms with E-state index in [0.29, 0.717) is 11.4 Å². The Hall–Kier alpha value is -2.68. The Morgan fingerprint density at radius 2 is 1.65 bits per heavy atom. The van der Waals surface area contributed by atoms with Crippen molar-refractivity contribution >= 4 is 17.4 Å². The third kappa shape index (κ3) is 4.23. The third-order valence-corrected chi connectivity index (χ3v) is 6.10. The molecule has 0 unspecified atom stereocenters. The van der Waals surface area contributed by atoms with Crippen LogP contribution in [-0.4, -0.2) is 10.9 Å². The van der Waals surface area contributed by atoms with E-state index in [4.69, 9.17) is 0 Å². The molecule has 0 aliphatic carbocycles. The molecule has 0 bridgehead atoms. The molecule has 1 atom stereocenters. The zero-order chi connectivity index (χ0) is 22.4. The number of nitrogens with zero attached hydrogens (tertiary/aromatic N) is 2. The number of halogens is 6. The number of benzene rings is 2. The van der Waals surface area contributed by atoms with Gasteiger partial charge in [-0.25, -0.2) is 0 Å². The van der Waals surface area contributed by atoms with E-state index in [9.17, 15) is 26.3 Å². The molecule has 9 heteroatoms. The smallest absolute Gasteiger partial charge is 0.348 e. The highest BCUT2D eigenvalue weighted by Gasteiger charge is 2.40. The second-order valence-electron chi connectivity index (χ2n) is 7.17. The van der Waals surface area contributed by atoms with E-state index in [1.165, 1.54) is 36.2 Å². The van der Waals surface area contributed by atoms with Gasteiger partial charge in [-0.05, 0) is 54.4 Å². The van der Waals surface area contributed by atoms with Gasteiger partial charge >= 0.3 is 12.4 Å². The molecule has 0 saturated carbocycles. The van der Waals surface area contributed by atoms with Gasteiger partial charge in [0.25, 0.3) is 0 Å². The van der Waals surface area contributed by atoms with Crippen molar-refractivity contribution < 1.29 is 26.3 Å². The molecule has 0 N–H and O–H groups in total. The Morgan fingerprint density at radius 3 is 2.29 bits per heavy atom. The van der Waals surface area contributed by atoms with Crippen LogP contribution in [-0.2, 0) is 12.4 Å². The van der Waals surface area contributed by atoms with Gasteiger partial charge in [-0.3, -0.25) is 4.98 Å². The van der Waals surface area contributed by atoms with Gasteiger partial charge in [-0.15, -0.1) is 11.8 Å². The predicted molar refractivity (Wildman–Crippen MR) is 107 cm³/mol. The first-order chi connectivity index (χ1) is 14.6. The molecule has 1 aliphatic rings. The van der Waals surface area contributed by atoms with Gasteiger partial charge in [0.15, 0.2) is 0 Å². The lowest BCUT2D eigenvalue weighted by Crippen LogP contribution is -2.30. The molecule has 31 heavy (non-hydrogen) atoms. The summed E-state index contributed by atoms with van der Waals surface area (Å²) in [6.07, 6.45) is -7.93. The van der Waals surface area contributed by atoms with Crippen molar-refractivity contribution in [3.8, 4) is 0 Å². The van der Waals surface area contributed by atoms with Crippen molar-refractivity contribution in [1.82, 2.24) is 4.98 Å². The number of rotatable bonds is 3. The van der Waals surface area contributed by atoms with Gasteiger partial charge in [0.1, 0.15) is 0 Å². The fraction of sp³-hybridized carbons (Fsp3) is 0.227. The van der Waals surface area contributed by atoms with Crippen molar-refractivity contribution in [2.24, 2.45) is 0 Å². The van der Waals surface area contributed by atoms with Gasteiger partial charge in [0, 0.05) is 11.1 Å². The number of aryl methyl sites for hydroxylation is 1. The van der Waals surface area contributed by atoms with E-state index in [2.05, 4.69) is 4.98 Å². The highest BCUT2D eigenvalue weighted by Crippen LogP contribution is 2.47. The molecule has 0 saturated heterocycles. The maximum Gasteiger partial charge on any atom is 0.418 e. The van der Waals surface area contributed by atoms with Crippen LogP contribution in [0.3, 0.4) is 0 Å². The lowest BCUT2D eigenvalue weighted by atomic mass is 9.96. The number of hydrogen-bond acceptors (Lipinski definition) is 3. The minimum absolute atomic E-state index is 0.246. The van der Waals surface area contributed by atoms with Crippen molar-refractivity contribution in [2.75, 3.05) is 10.8 Å². The quantitative estimate of drug-likeness (QED) is 0.393. The molecule has 0 radical (unpaired) electrons. The largest absolute Gasteiger partial charge is 0.418 e. The Labute approximate surface area is 178 Å². The Kier molecular flexibility index (Phi) is 5.41. The molecule has 1 aliphatic heterocycles. The number of pyridine rings is 1. The number of thioether (sulfide) groups is 1. The lowest BCUT2D eigenvalue weighted by molar-refractivity contribution is -0.139. The molecule has 0 fully saturated rings. The number of anilines is 1. The van der Waals surface area contributed by atoms with Crippen LogP contribution in [0.4, 0.5) is 32.0 Å². The zero-order valence-corrected chi connectivity index (χ0v) is 16.9. The minimum atomic E-state index is -4.66. The summed E-state index contributed by atoms with van der Waals surface area (Å²) in [4.78, 5) is 6.69. The lowest BCUT2D eigenvalue weighted by Gasteiger charge is -2.31. The van der Waals surface area contributed by atoms with Crippen LogP contribution in [0.15, 0.2) is 65.7 Å². The molecule has 2 heterocycles. The second kappa shape index (κ2) is 7.78. The van der Waals surface area contributed by atoms with Gasteiger partial charge < -0.3 is 4.90 Å². The van der Waals surface area contributed by atoms with Gasteiger partial charge in [0.05, 0.1) is 34.4 Å². The number of hydrogen-bond donors (Lipinski definition) is 0. The molecule has 0 spiro atoms. The highest BCUT2D eigenvalue weighted by atomic mass is 32.2. The summed E-state index contributed by atoms with van der Waals surface area (Å²) in [6.45, 7) is 1.91. The molecule has 3 aromatic rings. The maximum atomic E-state index is 13.8. The van der Waals surface area contributed by atoms with Crippen molar-refractivity contribution in [3.63, 3.8) is 0 Å². The summed E-state index contributed by atoms with van der Waals surface area (Å²) in [7, 11) is 0. The topological polar surface area (TPSA) is 16.1 Å². The number of alkyl halides is 6. The molecule has 1 aromatic heterocycles. The van der Waals surface area contributed by atoms with E-state index >= 15 is 0 Å². The summed E-state index contributed by atoms with van der Waals surface area (Å²) in [5.41, 5.74) is 0.00614. The SMILES string of the molecule is Cc1ccc2c(c1)SCN2[C@@H](c1ccc(C(F)(F)F)cc1)c1ncccc1C(F)(F)F. The maximum absolute atomic E-state index is 13.8. The predicted octanol–water partition coefficient (Wildman–Crippen LogP) is 7.09. The van der Waals surface area contributed by atoms with E-state index < -0.39 is 29.5 Å². The molecule has 2 nitrogen and oxygen atoms in total. The van der Waals surface area contributed by atoms with Crippen LogP contribution in [0.25, 0.3) is 0 Å². The van der Waals surface area contributed by atoms with Crippen LogP contribution >= 0.6 is 11.8 Å². The fourth-order valence-corrected chi connectivity index (χ4v) is 4.78. The minimum Gasteiger partial charge on any atom is -0.348 e. The van der Waals surface area contributed by atoms with E-state index in [1.54, 1.807) is 4.90 Å². The fourth-order valence-electron chi connectivity index (χ4n) is 3.61. The molecule has 0 amide bonds. The average Bonchev–Trinajstić information content (AvgIpc) is 3.10. The normalized spacial score (nSPS) is 15.1. The molecule has 162 valence electrons. The first kappa shape index (κ1) is 21.5. The number of fused-ring (bicyclic) bond motifs is 1. The van der Waals surface area contributed by atoms with Crippen molar-refractivity contribution in [2.45, 2.75) is 30.2 Å². The van der Waals surface area contributed by atoms with E-state index in [0.717, 1.165) is 34.3 Å². The summed E-state index contributed by atoms with van der Waals surface area (Å²) in [5, 5.41) is 0. The standard InChI is InChI=1S/C22H16F6N2S/c1-13-4-9-17-18(11-13)31-12-30(17)20(14-5-7-15(8-6-14)21(23,24)25)19-16(22(26,27)28)3-2-10-29-19/h2-11,20H,12H2,1H3/t20-/m0/s1. The van der Waals surface area contributed by atoms with E-state index in [1.807, 2.05) is 25.1 Å². The average molecular weight is 454 g/mol. The van der Waals surface area contributed by atoms with Crippen LogP contribution in [0.1, 0.15) is 34.0 Å². The van der Waals surface area contributed by atoms with E-state index in [-0.39, 0.29) is 5.69 Å². The first-order valence-corrected chi connectivity index (χ1v) is 10.2. The summed E-state index contributed by atoms with van der Waals surface area (Å²) in [6, 6.07) is 11.0. The van der Waals surface area contributed by atoms with Crippen LogP contribution in [0.5, 0.6) is 0 Å². The molecule has 4 rings (SSSR count). The third-order valence-electron chi connectivity index (χ3n) is 5.05. The molecular weight excluding hydrogens is 438 g/mol. The van der Waals surface area contributed by atoms with Crippen LogP contribution in [0.2, 0.25) is 0 Å². The van der Waals surface area contributed by atoms with Gasteiger partial charge in [-0.2, -0.15) is 26.3 Å². The highest BCUT2D eigenvalue weighted by molar-refractivity contribution is 7.99. The first-order valence-electron chi connectivity index (χ1n) is 9.25. The van der Waals surface area contributed by atoms with Crippen molar-refractivity contribution in [3.05, 3.63) is 88.7 Å². The van der Waals surface area contributed by atoms with Gasteiger partial charge in [-0.1, -0.05) is 18.2 Å². The van der Waals surface area contributed by atoms with Crippen LogP contribution < -0.4 is 4.90 Å². The summed E-state index contributed by atoms with van der Waals surface area (Å²) < 4.78 is 80.4. The Balaban J connectivity index is 1.88. The summed E-state index contributed by atoms with van der Waals surface area (Å²) in [5.74, 6) is 0.346.